The summed E-state index contributed by atoms with van der Waals surface area (Å²) in [5.41, 5.74) is 0.630. The van der Waals surface area contributed by atoms with Gasteiger partial charge in [-0.05, 0) is 24.3 Å². The largest absolute Gasteiger partial charge is 0.492 e. The average Bonchev–Trinajstić information content (AvgIpc) is 2.95. The normalized spacial score (nSPS) is 15.6. The van der Waals surface area contributed by atoms with Crippen LogP contribution in [-0.4, -0.2) is 40.9 Å². The Labute approximate surface area is 118 Å². The van der Waals surface area contributed by atoms with E-state index in [0.29, 0.717) is 18.2 Å². The summed E-state index contributed by atoms with van der Waals surface area (Å²) in [6.07, 6.45) is 3.82. The lowest BCUT2D eigenvalue weighted by Crippen LogP contribution is -2.49. The van der Waals surface area contributed by atoms with Crippen LogP contribution < -0.4 is 4.74 Å². The molecule has 3 rings (SSSR count). The molecule has 0 bridgehead atoms. The zero-order valence-corrected chi connectivity index (χ0v) is 11.1. The maximum Gasteiger partial charge on any atom is 0.120 e. The highest BCUT2D eigenvalue weighted by molar-refractivity contribution is 5.36. The molecule has 2 heterocycles. The molecule has 1 saturated heterocycles. The van der Waals surface area contributed by atoms with Crippen LogP contribution in [0.2, 0.25) is 0 Å². The Morgan fingerprint density at radius 1 is 1.35 bits per heavy atom. The minimum atomic E-state index is 0.493. The summed E-state index contributed by atoms with van der Waals surface area (Å²) in [4.78, 5) is 2.33. The van der Waals surface area contributed by atoms with Crippen LogP contribution in [0.3, 0.4) is 0 Å². The number of benzene rings is 1. The minimum absolute atomic E-state index is 0.493. The highest BCUT2D eigenvalue weighted by Gasteiger charge is 2.27. The van der Waals surface area contributed by atoms with E-state index in [1.165, 1.54) is 0 Å². The van der Waals surface area contributed by atoms with Crippen molar-refractivity contribution >= 4 is 0 Å². The molecule has 0 N–H and O–H groups in total. The van der Waals surface area contributed by atoms with E-state index >= 15 is 0 Å². The molecule has 0 saturated carbocycles. The molecule has 0 aliphatic carbocycles. The van der Waals surface area contributed by atoms with Crippen LogP contribution >= 0.6 is 0 Å². The fourth-order valence-electron chi connectivity index (χ4n) is 2.34. The summed E-state index contributed by atoms with van der Waals surface area (Å²) in [6.45, 7) is 3.57. The van der Waals surface area contributed by atoms with E-state index in [1.54, 1.807) is 12.1 Å². The van der Waals surface area contributed by atoms with Gasteiger partial charge in [0.05, 0.1) is 17.7 Å². The van der Waals surface area contributed by atoms with Gasteiger partial charge in [-0.3, -0.25) is 9.58 Å². The SMILES string of the molecule is N#Cc1cccc(OCCN2CC(n3cccn3)C2)c1. The van der Waals surface area contributed by atoms with Gasteiger partial charge >= 0.3 is 0 Å². The molecule has 5 nitrogen and oxygen atoms in total. The number of aromatic nitrogens is 2. The van der Waals surface area contributed by atoms with Gasteiger partial charge in [0.2, 0.25) is 0 Å². The predicted octanol–water partition coefficient (Wildman–Crippen LogP) is 1.69. The van der Waals surface area contributed by atoms with Crippen molar-refractivity contribution in [2.24, 2.45) is 0 Å². The predicted molar refractivity (Wildman–Crippen MR) is 74.4 cm³/mol. The smallest absolute Gasteiger partial charge is 0.120 e. The molecule has 5 heteroatoms. The first kappa shape index (κ1) is 12.7. The van der Waals surface area contributed by atoms with Crippen LogP contribution in [0.4, 0.5) is 0 Å². The molecule has 1 aliphatic heterocycles. The van der Waals surface area contributed by atoms with Gasteiger partial charge in [-0.15, -0.1) is 0 Å². The molecule has 0 unspecified atom stereocenters. The third-order valence-corrected chi connectivity index (χ3v) is 3.48. The number of rotatable bonds is 5. The van der Waals surface area contributed by atoms with Gasteiger partial charge in [0.25, 0.3) is 0 Å². The van der Waals surface area contributed by atoms with Crippen molar-refractivity contribution in [3.05, 3.63) is 48.3 Å². The van der Waals surface area contributed by atoms with Gasteiger partial charge in [-0.1, -0.05) is 6.07 Å². The van der Waals surface area contributed by atoms with Gasteiger partial charge in [0.15, 0.2) is 0 Å². The van der Waals surface area contributed by atoms with E-state index < -0.39 is 0 Å². The maximum absolute atomic E-state index is 8.82. The lowest BCUT2D eigenvalue weighted by Gasteiger charge is -2.39. The van der Waals surface area contributed by atoms with Crippen LogP contribution in [0.15, 0.2) is 42.7 Å². The summed E-state index contributed by atoms with van der Waals surface area (Å²) >= 11 is 0. The van der Waals surface area contributed by atoms with Crippen molar-refractivity contribution in [3.8, 4) is 11.8 Å². The average molecular weight is 268 g/mol. The lowest BCUT2D eigenvalue weighted by atomic mass is 10.1. The minimum Gasteiger partial charge on any atom is -0.492 e. The molecule has 1 aromatic heterocycles. The summed E-state index contributed by atoms with van der Waals surface area (Å²) in [6, 6.07) is 11.8. The molecule has 20 heavy (non-hydrogen) atoms. The summed E-state index contributed by atoms with van der Waals surface area (Å²) in [5, 5.41) is 13.1. The molecule has 1 fully saturated rings. The second kappa shape index (κ2) is 5.76. The van der Waals surface area contributed by atoms with Crippen LogP contribution in [0.1, 0.15) is 11.6 Å². The lowest BCUT2D eigenvalue weighted by molar-refractivity contribution is 0.0818. The Morgan fingerprint density at radius 2 is 2.25 bits per heavy atom. The molecule has 0 radical (unpaired) electrons. The topological polar surface area (TPSA) is 54.1 Å². The summed E-state index contributed by atoms with van der Waals surface area (Å²) < 4.78 is 7.67. The number of hydrogen-bond donors (Lipinski definition) is 0. The number of ether oxygens (including phenoxy) is 1. The molecule has 1 aromatic carbocycles. The molecule has 102 valence electrons. The molecule has 0 amide bonds. The van der Waals surface area contributed by atoms with Gasteiger partial charge in [0, 0.05) is 32.0 Å². The van der Waals surface area contributed by atoms with E-state index in [-0.39, 0.29) is 0 Å². The van der Waals surface area contributed by atoms with Gasteiger partial charge in [-0.2, -0.15) is 10.4 Å². The number of nitriles is 1. The number of nitrogens with zero attached hydrogens (tertiary/aromatic N) is 4. The van der Waals surface area contributed by atoms with Crippen molar-refractivity contribution in [3.63, 3.8) is 0 Å². The second-order valence-corrected chi connectivity index (χ2v) is 4.89. The standard InChI is InChI=1S/C15H16N4O/c16-10-13-3-1-4-15(9-13)20-8-7-18-11-14(12-18)19-6-2-5-17-19/h1-6,9,14H,7-8,11-12H2. The summed E-state index contributed by atoms with van der Waals surface area (Å²) in [5.74, 6) is 0.758. The Hall–Kier alpha value is -2.32. The van der Waals surface area contributed by atoms with Crippen LogP contribution in [0.25, 0.3) is 0 Å². The Morgan fingerprint density at radius 3 is 3.00 bits per heavy atom. The van der Waals surface area contributed by atoms with Crippen molar-refractivity contribution in [2.45, 2.75) is 6.04 Å². The van der Waals surface area contributed by atoms with Gasteiger partial charge in [-0.25, -0.2) is 0 Å². The Balaban J connectivity index is 1.40. The van der Waals surface area contributed by atoms with Gasteiger partial charge in [0.1, 0.15) is 12.4 Å². The van der Waals surface area contributed by atoms with Crippen LogP contribution in [0, 0.1) is 11.3 Å². The van der Waals surface area contributed by atoms with E-state index in [2.05, 4.69) is 16.1 Å². The fraction of sp³-hybridized carbons (Fsp3) is 0.333. The maximum atomic E-state index is 8.82. The first-order chi connectivity index (χ1) is 9.85. The fourth-order valence-corrected chi connectivity index (χ4v) is 2.34. The van der Waals surface area contributed by atoms with E-state index in [9.17, 15) is 0 Å². The zero-order valence-electron chi connectivity index (χ0n) is 11.1. The number of hydrogen-bond acceptors (Lipinski definition) is 4. The van der Waals surface area contributed by atoms with Crippen molar-refractivity contribution in [1.82, 2.24) is 14.7 Å². The zero-order chi connectivity index (χ0) is 13.8. The summed E-state index contributed by atoms with van der Waals surface area (Å²) in [7, 11) is 0. The molecular weight excluding hydrogens is 252 g/mol. The quantitative estimate of drug-likeness (QED) is 0.828. The van der Waals surface area contributed by atoms with E-state index in [1.807, 2.05) is 35.3 Å². The van der Waals surface area contributed by atoms with Crippen molar-refractivity contribution < 1.29 is 4.74 Å². The Bertz CT molecular complexity index is 597. The van der Waals surface area contributed by atoms with Crippen molar-refractivity contribution in [1.29, 1.82) is 5.26 Å². The molecular formula is C15H16N4O. The van der Waals surface area contributed by atoms with Crippen LogP contribution in [-0.2, 0) is 0 Å². The highest BCUT2D eigenvalue weighted by Crippen LogP contribution is 2.19. The first-order valence-corrected chi connectivity index (χ1v) is 6.69. The van der Waals surface area contributed by atoms with Crippen LogP contribution in [0.5, 0.6) is 5.75 Å². The molecule has 1 aliphatic rings. The van der Waals surface area contributed by atoms with E-state index in [0.717, 1.165) is 25.4 Å². The third kappa shape index (κ3) is 2.81. The Kier molecular flexibility index (Phi) is 3.66. The van der Waals surface area contributed by atoms with Crippen molar-refractivity contribution in [2.75, 3.05) is 26.2 Å². The third-order valence-electron chi connectivity index (χ3n) is 3.48. The van der Waals surface area contributed by atoms with Gasteiger partial charge < -0.3 is 4.74 Å². The highest BCUT2D eigenvalue weighted by atomic mass is 16.5. The monoisotopic (exact) mass is 268 g/mol. The molecule has 2 aromatic rings. The number of likely N-dealkylation sites (tertiary alicyclic amines) is 1. The first-order valence-electron chi connectivity index (χ1n) is 6.69. The van der Waals surface area contributed by atoms with E-state index in [4.69, 9.17) is 10.00 Å². The second-order valence-electron chi connectivity index (χ2n) is 4.89. The molecule has 0 spiro atoms. The molecule has 0 atom stereocenters.